The molecule has 1 aliphatic heterocycles. The Balaban J connectivity index is 2.01. The van der Waals surface area contributed by atoms with Crippen molar-refractivity contribution in [2.75, 3.05) is 19.8 Å². The van der Waals surface area contributed by atoms with Crippen molar-refractivity contribution in [1.29, 1.82) is 0 Å². The summed E-state index contributed by atoms with van der Waals surface area (Å²) in [5.74, 6) is 1.72. The molecule has 3 rings (SSSR count). The first kappa shape index (κ1) is 12.8. The Bertz CT molecular complexity index is 625. The second-order valence-corrected chi connectivity index (χ2v) is 4.75. The first-order valence-electron chi connectivity index (χ1n) is 6.70. The molecule has 0 radical (unpaired) electrons. The van der Waals surface area contributed by atoms with Crippen molar-refractivity contribution < 1.29 is 14.6 Å². The summed E-state index contributed by atoms with van der Waals surface area (Å²) in [6.45, 7) is 1.71. The monoisotopic (exact) mass is 271 g/mol. The van der Waals surface area contributed by atoms with Gasteiger partial charge < -0.3 is 20.3 Å². The van der Waals surface area contributed by atoms with Gasteiger partial charge in [0.1, 0.15) is 19.0 Å². The van der Waals surface area contributed by atoms with Gasteiger partial charge in [-0.25, -0.2) is 0 Å². The molecule has 0 aliphatic carbocycles. The SMILES string of the molecule is NCCc1ccc(O)c(-c2ccc3c(c2)OCCO3)c1. The van der Waals surface area contributed by atoms with Crippen molar-refractivity contribution in [3.8, 4) is 28.4 Å². The Morgan fingerprint density at radius 3 is 2.60 bits per heavy atom. The van der Waals surface area contributed by atoms with Crippen LogP contribution in [-0.2, 0) is 6.42 Å². The van der Waals surface area contributed by atoms with Crippen LogP contribution in [0.1, 0.15) is 5.56 Å². The van der Waals surface area contributed by atoms with E-state index in [1.54, 1.807) is 6.07 Å². The molecule has 20 heavy (non-hydrogen) atoms. The predicted molar refractivity (Wildman–Crippen MR) is 77.3 cm³/mol. The molecular weight excluding hydrogens is 254 g/mol. The zero-order valence-electron chi connectivity index (χ0n) is 11.1. The highest BCUT2D eigenvalue weighted by molar-refractivity contribution is 5.73. The summed E-state index contributed by atoms with van der Waals surface area (Å²) < 4.78 is 11.1. The number of hydrogen-bond donors (Lipinski definition) is 2. The Morgan fingerprint density at radius 2 is 1.80 bits per heavy atom. The maximum absolute atomic E-state index is 10.1. The standard InChI is InChI=1S/C16H17NO3/c17-6-5-11-1-3-14(18)13(9-11)12-2-4-15-16(10-12)20-8-7-19-15/h1-4,9-10,18H,5-8,17H2. The van der Waals surface area contributed by atoms with Crippen LogP contribution in [0.2, 0.25) is 0 Å². The molecule has 0 bridgehead atoms. The van der Waals surface area contributed by atoms with Crippen molar-refractivity contribution in [3.05, 3.63) is 42.0 Å². The van der Waals surface area contributed by atoms with Crippen molar-refractivity contribution in [1.82, 2.24) is 0 Å². The molecule has 0 unspecified atom stereocenters. The van der Waals surface area contributed by atoms with Gasteiger partial charge in [0.05, 0.1) is 0 Å². The van der Waals surface area contributed by atoms with Gasteiger partial charge in [-0.3, -0.25) is 0 Å². The van der Waals surface area contributed by atoms with Crippen molar-refractivity contribution in [3.63, 3.8) is 0 Å². The summed E-state index contributed by atoms with van der Waals surface area (Å²) >= 11 is 0. The number of hydrogen-bond acceptors (Lipinski definition) is 4. The van der Waals surface area contributed by atoms with Crippen molar-refractivity contribution >= 4 is 0 Å². The molecule has 0 fully saturated rings. The molecule has 3 N–H and O–H groups in total. The van der Waals surface area contributed by atoms with E-state index >= 15 is 0 Å². The molecule has 0 amide bonds. The van der Waals surface area contributed by atoms with Crippen LogP contribution in [0, 0.1) is 0 Å². The molecule has 0 atom stereocenters. The first-order valence-corrected chi connectivity index (χ1v) is 6.70. The molecule has 4 nitrogen and oxygen atoms in total. The molecule has 1 heterocycles. The molecule has 104 valence electrons. The van der Waals surface area contributed by atoms with Crippen LogP contribution in [0.5, 0.6) is 17.2 Å². The Labute approximate surface area is 117 Å². The fourth-order valence-electron chi connectivity index (χ4n) is 2.35. The van der Waals surface area contributed by atoms with Crippen LogP contribution in [0.25, 0.3) is 11.1 Å². The minimum absolute atomic E-state index is 0.252. The summed E-state index contributed by atoms with van der Waals surface area (Å²) in [6.07, 6.45) is 0.790. The second-order valence-electron chi connectivity index (χ2n) is 4.75. The fraction of sp³-hybridized carbons (Fsp3) is 0.250. The molecule has 1 aliphatic rings. The number of aromatic hydroxyl groups is 1. The lowest BCUT2D eigenvalue weighted by Gasteiger charge is -2.19. The van der Waals surface area contributed by atoms with E-state index in [0.29, 0.717) is 19.8 Å². The smallest absolute Gasteiger partial charge is 0.161 e. The Hall–Kier alpha value is -2.20. The van der Waals surface area contributed by atoms with Gasteiger partial charge in [-0.2, -0.15) is 0 Å². The van der Waals surface area contributed by atoms with Gasteiger partial charge in [-0.1, -0.05) is 12.1 Å². The third-order valence-corrected chi connectivity index (χ3v) is 3.35. The van der Waals surface area contributed by atoms with Gasteiger partial charge in [0.15, 0.2) is 11.5 Å². The number of benzene rings is 2. The lowest BCUT2D eigenvalue weighted by atomic mass is 10.00. The summed E-state index contributed by atoms with van der Waals surface area (Å²) in [5, 5.41) is 10.1. The van der Waals surface area contributed by atoms with E-state index in [0.717, 1.165) is 34.6 Å². The van der Waals surface area contributed by atoms with Gasteiger partial charge in [0.25, 0.3) is 0 Å². The molecular formula is C16H17NO3. The van der Waals surface area contributed by atoms with E-state index in [2.05, 4.69) is 0 Å². The number of rotatable bonds is 3. The molecule has 2 aromatic rings. The number of phenolic OH excluding ortho intramolecular Hbond substituents is 1. The maximum Gasteiger partial charge on any atom is 0.161 e. The van der Waals surface area contributed by atoms with Crippen LogP contribution in [-0.4, -0.2) is 24.9 Å². The predicted octanol–water partition coefficient (Wildman–Crippen LogP) is 2.33. The summed E-state index contributed by atoms with van der Waals surface area (Å²) in [5.41, 5.74) is 8.38. The number of ether oxygens (including phenoxy) is 2. The summed E-state index contributed by atoms with van der Waals surface area (Å²) in [6, 6.07) is 11.3. The van der Waals surface area contributed by atoms with E-state index in [-0.39, 0.29) is 5.75 Å². The zero-order valence-corrected chi connectivity index (χ0v) is 11.1. The highest BCUT2D eigenvalue weighted by Gasteiger charge is 2.14. The van der Waals surface area contributed by atoms with E-state index in [1.807, 2.05) is 30.3 Å². The second kappa shape index (κ2) is 5.43. The van der Waals surface area contributed by atoms with E-state index in [1.165, 1.54) is 0 Å². The molecule has 0 spiro atoms. The normalized spacial score (nSPS) is 13.2. The van der Waals surface area contributed by atoms with Crippen LogP contribution in [0.4, 0.5) is 0 Å². The van der Waals surface area contributed by atoms with E-state index in [4.69, 9.17) is 15.2 Å². The minimum Gasteiger partial charge on any atom is -0.507 e. The van der Waals surface area contributed by atoms with Crippen LogP contribution < -0.4 is 15.2 Å². The van der Waals surface area contributed by atoms with Gasteiger partial charge in [0.2, 0.25) is 0 Å². The quantitative estimate of drug-likeness (QED) is 0.899. The lowest BCUT2D eigenvalue weighted by molar-refractivity contribution is 0.171. The third-order valence-electron chi connectivity index (χ3n) is 3.35. The molecule has 0 aromatic heterocycles. The number of phenols is 1. The van der Waals surface area contributed by atoms with Gasteiger partial charge in [0, 0.05) is 5.56 Å². The fourth-order valence-corrected chi connectivity index (χ4v) is 2.35. The van der Waals surface area contributed by atoms with Crippen molar-refractivity contribution in [2.24, 2.45) is 5.73 Å². The average molecular weight is 271 g/mol. The highest BCUT2D eigenvalue weighted by Crippen LogP contribution is 2.37. The van der Waals surface area contributed by atoms with Gasteiger partial charge in [-0.05, 0) is 48.4 Å². The van der Waals surface area contributed by atoms with Crippen LogP contribution >= 0.6 is 0 Å². The van der Waals surface area contributed by atoms with Gasteiger partial charge in [-0.15, -0.1) is 0 Å². The molecule has 0 saturated heterocycles. The topological polar surface area (TPSA) is 64.7 Å². The minimum atomic E-state index is 0.252. The highest BCUT2D eigenvalue weighted by atomic mass is 16.6. The van der Waals surface area contributed by atoms with E-state index in [9.17, 15) is 5.11 Å². The third kappa shape index (κ3) is 2.42. The maximum atomic E-state index is 10.1. The summed E-state index contributed by atoms with van der Waals surface area (Å²) in [4.78, 5) is 0. The lowest BCUT2D eigenvalue weighted by Crippen LogP contribution is -2.15. The number of fused-ring (bicyclic) bond motifs is 1. The zero-order chi connectivity index (χ0) is 13.9. The van der Waals surface area contributed by atoms with Crippen molar-refractivity contribution in [2.45, 2.75) is 6.42 Å². The largest absolute Gasteiger partial charge is 0.507 e. The van der Waals surface area contributed by atoms with E-state index < -0.39 is 0 Å². The molecule has 4 heteroatoms. The Kier molecular flexibility index (Phi) is 3.48. The number of nitrogens with two attached hydrogens (primary N) is 1. The molecule has 2 aromatic carbocycles. The summed E-state index contributed by atoms with van der Waals surface area (Å²) in [7, 11) is 0. The average Bonchev–Trinajstić information content (AvgIpc) is 2.49. The van der Waals surface area contributed by atoms with Crippen LogP contribution in [0.15, 0.2) is 36.4 Å². The Morgan fingerprint density at radius 1 is 1.00 bits per heavy atom. The van der Waals surface area contributed by atoms with Crippen LogP contribution in [0.3, 0.4) is 0 Å². The van der Waals surface area contributed by atoms with Gasteiger partial charge >= 0.3 is 0 Å². The first-order chi connectivity index (χ1) is 9.78. The molecule has 0 saturated carbocycles.